The van der Waals surface area contributed by atoms with Crippen molar-refractivity contribution in [3.63, 3.8) is 0 Å². The highest BCUT2D eigenvalue weighted by molar-refractivity contribution is 5.80. The molecule has 1 saturated heterocycles. The Hall–Kier alpha value is -0.810. The smallest absolute Gasteiger partial charge is 0.191 e. The summed E-state index contributed by atoms with van der Waals surface area (Å²) in [5.41, 5.74) is -0.157. The van der Waals surface area contributed by atoms with E-state index in [1.807, 2.05) is 0 Å². The zero-order valence-electron chi connectivity index (χ0n) is 16.1. The van der Waals surface area contributed by atoms with Crippen molar-refractivity contribution in [2.75, 3.05) is 33.4 Å². The van der Waals surface area contributed by atoms with E-state index in [0.717, 1.165) is 50.4 Å². The van der Waals surface area contributed by atoms with Gasteiger partial charge in [0.25, 0.3) is 0 Å². The monoisotopic (exact) mass is 339 g/mol. The van der Waals surface area contributed by atoms with E-state index in [1.54, 1.807) is 7.11 Å². The SMILES string of the molecule is CCNC(=NCC1(OC)CCOCC1)NC1CCC(C(C)C)CC1. The zero-order valence-corrected chi connectivity index (χ0v) is 16.1. The molecule has 0 unspecified atom stereocenters. The molecule has 5 heteroatoms. The third-order valence-corrected chi connectivity index (χ3v) is 5.76. The average molecular weight is 340 g/mol. The number of ether oxygens (including phenoxy) is 2. The first-order chi connectivity index (χ1) is 11.6. The van der Waals surface area contributed by atoms with Crippen LogP contribution in [0.4, 0.5) is 0 Å². The van der Waals surface area contributed by atoms with Gasteiger partial charge in [-0.1, -0.05) is 13.8 Å². The highest BCUT2D eigenvalue weighted by Gasteiger charge is 2.32. The van der Waals surface area contributed by atoms with Gasteiger partial charge in [-0.15, -0.1) is 0 Å². The van der Waals surface area contributed by atoms with E-state index in [9.17, 15) is 0 Å². The Kier molecular flexibility index (Phi) is 7.82. The van der Waals surface area contributed by atoms with Crippen molar-refractivity contribution in [3.05, 3.63) is 0 Å². The normalized spacial score (nSPS) is 28.0. The maximum Gasteiger partial charge on any atom is 0.191 e. The van der Waals surface area contributed by atoms with Crippen molar-refractivity contribution in [2.45, 2.75) is 70.9 Å². The molecule has 1 heterocycles. The fourth-order valence-corrected chi connectivity index (χ4v) is 3.84. The standard InChI is InChI=1S/C19H37N3O2/c1-5-20-18(21-14-19(23-4)10-12-24-13-11-19)22-17-8-6-16(7-9-17)15(2)3/h15-17H,5-14H2,1-4H3,(H2,20,21,22). The van der Waals surface area contributed by atoms with Gasteiger partial charge < -0.3 is 20.1 Å². The minimum Gasteiger partial charge on any atom is -0.381 e. The molecule has 0 spiro atoms. The number of hydrogen-bond acceptors (Lipinski definition) is 3. The highest BCUT2D eigenvalue weighted by atomic mass is 16.5. The first kappa shape index (κ1) is 19.5. The lowest BCUT2D eigenvalue weighted by Crippen LogP contribution is -2.47. The molecule has 140 valence electrons. The summed E-state index contributed by atoms with van der Waals surface area (Å²) in [6, 6.07) is 0.547. The molecule has 0 aromatic carbocycles. The summed E-state index contributed by atoms with van der Waals surface area (Å²) in [4.78, 5) is 4.84. The number of nitrogens with one attached hydrogen (secondary N) is 2. The molecule has 2 N–H and O–H groups in total. The highest BCUT2D eigenvalue weighted by Crippen LogP contribution is 2.30. The predicted molar refractivity (Wildman–Crippen MR) is 99.5 cm³/mol. The lowest BCUT2D eigenvalue weighted by atomic mass is 9.80. The molecule has 0 bridgehead atoms. The predicted octanol–water partition coefficient (Wildman–Crippen LogP) is 2.95. The van der Waals surface area contributed by atoms with Crippen LogP contribution in [0.25, 0.3) is 0 Å². The van der Waals surface area contributed by atoms with Crippen molar-refractivity contribution >= 4 is 5.96 Å². The molecule has 0 atom stereocenters. The molecule has 2 aliphatic rings. The summed E-state index contributed by atoms with van der Waals surface area (Å²) in [6.45, 7) is 9.94. The molecule has 0 aromatic heterocycles. The van der Waals surface area contributed by atoms with E-state index in [1.165, 1.54) is 25.7 Å². The van der Waals surface area contributed by atoms with Gasteiger partial charge in [0.05, 0.1) is 12.1 Å². The summed E-state index contributed by atoms with van der Waals surface area (Å²) in [5, 5.41) is 7.05. The van der Waals surface area contributed by atoms with Crippen LogP contribution in [0.2, 0.25) is 0 Å². The topological polar surface area (TPSA) is 54.9 Å². The van der Waals surface area contributed by atoms with E-state index < -0.39 is 0 Å². The Morgan fingerprint density at radius 3 is 2.42 bits per heavy atom. The second kappa shape index (κ2) is 9.62. The molecule has 24 heavy (non-hydrogen) atoms. The summed E-state index contributed by atoms with van der Waals surface area (Å²) < 4.78 is 11.3. The van der Waals surface area contributed by atoms with E-state index in [0.29, 0.717) is 12.6 Å². The molecular weight excluding hydrogens is 302 g/mol. The van der Waals surface area contributed by atoms with Crippen LogP contribution in [0.15, 0.2) is 4.99 Å². The van der Waals surface area contributed by atoms with Gasteiger partial charge >= 0.3 is 0 Å². The van der Waals surface area contributed by atoms with Crippen molar-refractivity contribution in [3.8, 4) is 0 Å². The molecule has 1 aliphatic carbocycles. The second-order valence-electron chi connectivity index (χ2n) is 7.69. The Labute approximate surface area is 148 Å². The maximum absolute atomic E-state index is 5.80. The number of aliphatic imine (C=N–C) groups is 1. The van der Waals surface area contributed by atoms with E-state index in [-0.39, 0.29) is 5.60 Å². The maximum atomic E-state index is 5.80. The van der Waals surface area contributed by atoms with Crippen LogP contribution in [-0.2, 0) is 9.47 Å². The van der Waals surface area contributed by atoms with Gasteiger partial charge in [0.1, 0.15) is 0 Å². The average Bonchev–Trinajstić information content (AvgIpc) is 2.61. The number of guanidine groups is 1. The van der Waals surface area contributed by atoms with Crippen LogP contribution in [0.3, 0.4) is 0 Å². The summed E-state index contributed by atoms with van der Waals surface area (Å²) in [5.74, 6) is 2.64. The lowest BCUT2D eigenvalue weighted by Gasteiger charge is -2.35. The minimum atomic E-state index is -0.157. The molecule has 5 nitrogen and oxygen atoms in total. The van der Waals surface area contributed by atoms with Crippen LogP contribution in [0.5, 0.6) is 0 Å². The van der Waals surface area contributed by atoms with E-state index in [4.69, 9.17) is 14.5 Å². The fourth-order valence-electron chi connectivity index (χ4n) is 3.84. The zero-order chi connectivity index (χ0) is 17.4. The Morgan fingerprint density at radius 2 is 1.88 bits per heavy atom. The summed E-state index contributed by atoms with van der Waals surface area (Å²) >= 11 is 0. The molecule has 2 rings (SSSR count). The third kappa shape index (κ3) is 5.62. The summed E-state index contributed by atoms with van der Waals surface area (Å²) in [6.07, 6.45) is 6.99. The first-order valence-corrected chi connectivity index (χ1v) is 9.76. The van der Waals surface area contributed by atoms with E-state index in [2.05, 4.69) is 31.4 Å². The number of hydrogen-bond donors (Lipinski definition) is 2. The Balaban J connectivity index is 1.89. The number of methoxy groups -OCH3 is 1. The van der Waals surface area contributed by atoms with Crippen LogP contribution >= 0.6 is 0 Å². The largest absolute Gasteiger partial charge is 0.381 e. The van der Waals surface area contributed by atoms with Crippen LogP contribution in [0, 0.1) is 11.8 Å². The van der Waals surface area contributed by atoms with Crippen molar-refractivity contribution in [1.29, 1.82) is 0 Å². The van der Waals surface area contributed by atoms with Crippen molar-refractivity contribution < 1.29 is 9.47 Å². The molecular formula is C19H37N3O2. The third-order valence-electron chi connectivity index (χ3n) is 5.76. The first-order valence-electron chi connectivity index (χ1n) is 9.76. The fraction of sp³-hybridized carbons (Fsp3) is 0.947. The van der Waals surface area contributed by atoms with Gasteiger partial charge in [-0.05, 0) is 44.4 Å². The van der Waals surface area contributed by atoms with Gasteiger partial charge in [0.2, 0.25) is 0 Å². The van der Waals surface area contributed by atoms with Gasteiger partial charge in [-0.3, -0.25) is 4.99 Å². The molecule has 1 aliphatic heterocycles. The van der Waals surface area contributed by atoms with Gasteiger partial charge in [-0.2, -0.15) is 0 Å². The number of nitrogens with zero attached hydrogens (tertiary/aromatic N) is 1. The van der Waals surface area contributed by atoms with Crippen LogP contribution in [-0.4, -0.2) is 51.0 Å². The molecule has 1 saturated carbocycles. The second-order valence-corrected chi connectivity index (χ2v) is 7.69. The number of rotatable bonds is 6. The van der Waals surface area contributed by atoms with Crippen LogP contribution < -0.4 is 10.6 Å². The molecule has 2 fully saturated rings. The van der Waals surface area contributed by atoms with Crippen molar-refractivity contribution in [2.24, 2.45) is 16.8 Å². The van der Waals surface area contributed by atoms with Gasteiger partial charge in [0.15, 0.2) is 5.96 Å². The molecule has 0 amide bonds. The molecule has 0 aromatic rings. The van der Waals surface area contributed by atoms with Crippen LogP contribution in [0.1, 0.15) is 59.3 Å². The quantitative estimate of drug-likeness (QED) is 0.577. The van der Waals surface area contributed by atoms with E-state index >= 15 is 0 Å². The Morgan fingerprint density at radius 1 is 1.21 bits per heavy atom. The van der Waals surface area contributed by atoms with Gasteiger partial charge in [-0.25, -0.2) is 0 Å². The van der Waals surface area contributed by atoms with Gasteiger partial charge in [0, 0.05) is 45.8 Å². The minimum absolute atomic E-state index is 0.157. The summed E-state index contributed by atoms with van der Waals surface area (Å²) in [7, 11) is 1.80. The Bertz CT molecular complexity index is 384. The van der Waals surface area contributed by atoms with Crippen molar-refractivity contribution in [1.82, 2.24) is 10.6 Å². The lowest BCUT2D eigenvalue weighted by molar-refractivity contribution is -0.0828. The molecule has 0 radical (unpaired) electrons.